The number of carbonyl (C=O) groups excluding carboxylic acids is 2. The number of carbonyl (C=O) groups is 2. The van der Waals surface area contributed by atoms with E-state index in [4.69, 9.17) is 16.3 Å². The van der Waals surface area contributed by atoms with E-state index in [0.717, 1.165) is 47.7 Å². The van der Waals surface area contributed by atoms with Crippen molar-refractivity contribution in [3.8, 4) is 5.75 Å². The standard InChI is InChI=1S/C36H37ClFN3O5S/c1-46-32-19-21-33(22-20-32)47(44,45)41(31-17-15-29(38)16-18-31)25-35(42)40(24-27-11-13-28(37)14-12-27)34(23-26-7-3-2-4-8-26)36(43)39-30-9-5-6-10-30/h2-4,7-8,11-22,30,34H,5-6,9-10,23-25H2,1H3,(H,39,43)/t34-/m0/s1. The number of hydrogen-bond acceptors (Lipinski definition) is 5. The van der Waals surface area contributed by atoms with Crippen LogP contribution in [-0.4, -0.2) is 50.9 Å². The fraction of sp³-hybridized carbons (Fsp3) is 0.278. The van der Waals surface area contributed by atoms with Gasteiger partial charge in [-0.05, 0) is 84.6 Å². The predicted octanol–water partition coefficient (Wildman–Crippen LogP) is 6.38. The first-order valence-corrected chi connectivity index (χ1v) is 17.3. The van der Waals surface area contributed by atoms with E-state index in [1.165, 1.54) is 48.4 Å². The average molecular weight is 678 g/mol. The highest BCUT2D eigenvalue weighted by molar-refractivity contribution is 7.92. The number of anilines is 1. The third-order valence-electron chi connectivity index (χ3n) is 8.28. The summed E-state index contributed by atoms with van der Waals surface area (Å²) in [5, 5.41) is 3.66. The third kappa shape index (κ3) is 8.69. The molecule has 0 aliphatic heterocycles. The van der Waals surface area contributed by atoms with Gasteiger partial charge >= 0.3 is 0 Å². The molecule has 1 aliphatic rings. The van der Waals surface area contributed by atoms with E-state index in [0.29, 0.717) is 16.3 Å². The molecule has 2 amide bonds. The maximum Gasteiger partial charge on any atom is 0.264 e. The van der Waals surface area contributed by atoms with Crippen LogP contribution in [0.5, 0.6) is 5.75 Å². The van der Waals surface area contributed by atoms with Gasteiger partial charge < -0.3 is 15.0 Å². The fourth-order valence-electron chi connectivity index (χ4n) is 5.72. The number of nitrogens with one attached hydrogen (secondary N) is 1. The van der Waals surface area contributed by atoms with Gasteiger partial charge in [0.15, 0.2) is 0 Å². The molecule has 1 atom stereocenters. The minimum atomic E-state index is -4.33. The molecule has 5 rings (SSSR count). The Kier molecular flexibility index (Phi) is 11.2. The number of benzene rings is 4. The topological polar surface area (TPSA) is 96.0 Å². The molecule has 0 saturated heterocycles. The smallest absolute Gasteiger partial charge is 0.264 e. The highest BCUT2D eigenvalue weighted by Crippen LogP contribution is 2.27. The molecule has 1 aliphatic carbocycles. The Morgan fingerprint density at radius 2 is 1.53 bits per heavy atom. The minimum Gasteiger partial charge on any atom is -0.497 e. The molecule has 11 heteroatoms. The molecule has 1 fully saturated rings. The summed E-state index contributed by atoms with van der Waals surface area (Å²) in [6, 6.07) is 26.0. The van der Waals surface area contributed by atoms with Crippen molar-refractivity contribution in [1.82, 2.24) is 10.2 Å². The number of methoxy groups -OCH3 is 1. The molecule has 1 N–H and O–H groups in total. The van der Waals surface area contributed by atoms with Crippen molar-refractivity contribution in [2.45, 2.75) is 55.6 Å². The van der Waals surface area contributed by atoms with Gasteiger partial charge in [0.1, 0.15) is 24.2 Å². The predicted molar refractivity (Wildman–Crippen MR) is 180 cm³/mol. The van der Waals surface area contributed by atoms with E-state index in [1.807, 2.05) is 30.3 Å². The molecule has 0 spiro atoms. The summed E-state index contributed by atoms with van der Waals surface area (Å²) in [5.74, 6) is -1.02. The lowest BCUT2D eigenvalue weighted by Gasteiger charge is -2.34. The van der Waals surface area contributed by atoms with Crippen LogP contribution >= 0.6 is 11.6 Å². The van der Waals surface area contributed by atoms with Gasteiger partial charge in [0.05, 0.1) is 17.7 Å². The second-order valence-electron chi connectivity index (χ2n) is 11.5. The summed E-state index contributed by atoms with van der Waals surface area (Å²) in [7, 11) is -2.86. The monoisotopic (exact) mass is 677 g/mol. The van der Waals surface area contributed by atoms with Crippen molar-refractivity contribution in [2.75, 3.05) is 18.0 Å². The number of halogens is 2. The zero-order chi connectivity index (χ0) is 33.4. The van der Waals surface area contributed by atoms with Crippen LogP contribution in [0.15, 0.2) is 108 Å². The van der Waals surface area contributed by atoms with Crippen molar-refractivity contribution in [2.24, 2.45) is 0 Å². The lowest BCUT2D eigenvalue weighted by Crippen LogP contribution is -2.54. The van der Waals surface area contributed by atoms with Gasteiger partial charge in [0, 0.05) is 24.0 Å². The largest absolute Gasteiger partial charge is 0.497 e. The van der Waals surface area contributed by atoms with Crippen LogP contribution in [0, 0.1) is 5.82 Å². The molecule has 246 valence electrons. The van der Waals surface area contributed by atoms with Gasteiger partial charge in [-0.3, -0.25) is 13.9 Å². The maximum atomic E-state index is 14.5. The first-order valence-electron chi connectivity index (χ1n) is 15.4. The molecular formula is C36H37ClFN3O5S. The van der Waals surface area contributed by atoms with Gasteiger partial charge in [0.2, 0.25) is 11.8 Å². The molecule has 0 radical (unpaired) electrons. The molecule has 1 saturated carbocycles. The van der Waals surface area contributed by atoms with Gasteiger partial charge in [-0.1, -0.05) is 66.9 Å². The minimum absolute atomic E-state index is 0.000536. The normalized spacial score (nSPS) is 13.9. The number of hydrogen-bond donors (Lipinski definition) is 1. The Hall–Kier alpha value is -4.41. The van der Waals surface area contributed by atoms with E-state index >= 15 is 0 Å². The van der Waals surface area contributed by atoms with E-state index in [1.54, 1.807) is 24.3 Å². The van der Waals surface area contributed by atoms with Crippen LogP contribution in [0.25, 0.3) is 0 Å². The van der Waals surface area contributed by atoms with Gasteiger partial charge in [-0.2, -0.15) is 0 Å². The number of sulfonamides is 1. The Bertz CT molecular complexity index is 1750. The van der Waals surface area contributed by atoms with Crippen molar-refractivity contribution in [3.63, 3.8) is 0 Å². The first-order chi connectivity index (χ1) is 22.6. The van der Waals surface area contributed by atoms with Crippen molar-refractivity contribution >= 4 is 39.1 Å². The van der Waals surface area contributed by atoms with E-state index < -0.39 is 34.3 Å². The van der Waals surface area contributed by atoms with Crippen molar-refractivity contribution < 1.29 is 27.1 Å². The third-order valence-corrected chi connectivity index (χ3v) is 10.3. The molecule has 4 aromatic carbocycles. The molecule has 8 nitrogen and oxygen atoms in total. The van der Waals surface area contributed by atoms with Gasteiger partial charge in [-0.25, -0.2) is 12.8 Å². The Morgan fingerprint density at radius 1 is 0.894 bits per heavy atom. The summed E-state index contributed by atoms with van der Waals surface area (Å²) in [6.45, 7) is -0.624. The number of nitrogens with zero attached hydrogens (tertiary/aromatic N) is 2. The Morgan fingerprint density at radius 3 is 2.15 bits per heavy atom. The van der Waals surface area contributed by atoms with E-state index in [-0.39, 0.29) is 35.5 Å². The quantitative estimate of drug-likeness (QED) is 0.177. The Labute approximate surface area is 280 Å². The second-order valence-corrected chi connectivity index (χ2v) is 13.8. The second kappa shape index (κ2) is 15.5. The highest BCUT2D eigenvalue weighted by atomic mass is 35.5. The molecule has 0 aromatic heterocycles. The van der Waals surface area contributed by atoms with Crippen LogP contribution in [0.4, 0.5) is 10.1 Å². The van der Waals surface area contributed by atoms with Crippen LogP contribution < -0.4 is 14.4 Å². The lowest BCUT2D eigenvalue weighted by molar-refractivity contribution is -0.140. The zero-order valence-corrected chi connectivity index (χ0v) is 27.6. The summed E-state index contributed by atoms with van der Waals surface area (Å²) < 4.78 is 48.4. The molecule has 0 bridgehead atoms. The molecule has 4 aromatic rings. The molecular weight excluding hydrogens is 641 g/mol. The molecule has 0 heterocycles. The first kappa shape index (κ1) is 33.9. The van der Waals surface area contributed by atoms with E-state index in [2.05, 4.69) is 5.32 Å². The maximum absolute atomic E-state index is 14.5. The molecule has 0 unspecified atom stereocenters. The average Bonchev–Trinajstić information content (AvgIpc) is 3.60. The van der Waals surface area contributed by atoms with Gasteiger partial charge in [0.25, 0.3) is 10.0 Å². The zero-order valence-electron chi connectivity index (χ0n) is 26.0. The number of ether oxygens (including phenoxy) is 1. The highest BCUT2D eigenvalue weighted by Gasteiger charge is 2.35. The fourth-order valence-corrected chi connectivity index (χ4v) is 7.26. The SMILES string of the molecule is COc1ccc(S(=O)(=O)N(CC(=O)N(Cc2ccc(Cl)cc2)[C@@H](Cc2ccccc2)C(=O)NC2CCCC2)c2ccc(F)cc2)cc1. The molecule has 47 heavy (non-hydrogen) atoms. The van der Waals surface area contributed by atoms with Crippen molar-refractivity contribution in [1.29, 1.82) is 0 Å². The van der Waals surface area contributed by atoms with E-state index in [9.17, 15) is 22.4 Å². The van der Waals surface area contributed by atoms with Crippen LogP contribution in [0.1, 0.15) is 36.8 Å². The van der Waals surface area contributed by atoms with Crippen LogP contribution in [0.3, 0.4) is 0 Å². The number of amides is 2. The van der Waals surface area contributed by atoms with Crippen LogP contribution in [0.2, 0.25) is 5.02 Å². The number of rotatable bonds is 13. The van der Waals surface area contributed by atoms with Gasteiger partial charge in [-0.15, -0.1) is 0 Å². The lowest BCUT2D eigenvalue weighted by atomic mass is 10.0. The summed E-state index contributed by atoms with van der Waals surface area (Å²) in [4.78, 5) is 29.9. The van der Waals surface area contributed by atoms with Crippen molar-refractivity contribution in [3.05, 3.63) is 125 Å². The van der Waals surface area contributed by atoms with Crippen LogP contribution in [-0.2, 0) is 32.6 Å². The Balaban J connectivity index is 1.55. The summed E-state index contributed by atoms with van der Waals surface area (Å²) >= 11 is 6.15. The summed E-state index contributed by atoms with van der Waals surface area (Å²) in [5.41, 5.74) is 1.65. The summed E-state index contributed by atoms with van der Waals surface area (Å²) in [6.07, 6.45) is 3.94.